The summed E-state index contributed by atoms with van der Waals surface area (Å²) in [5.41, 5.74) is 4.64. The van der Waals surface area contributed by atoms with Crippen molar-refractivity contribution in [2.75, 3.05) is 11.9 Å². The second-order valence-electron chi connectivity index (χ2n) is 8.75. The van der Waals surface area contributed by atoms with Crippen LogP contribution in [0.3, 0.4) is 0 Å². The normalized spacial score (nSPS) is 11.1. The van der Waals surface area contributed by atoms with Crippen LogP contribution in [0.2, 0.25) is 0 Å². The molecule has 184 valence electrons. The molecular weight excluding hydrogens is 452 g/mol. The van der Waals surface area contributed by atoms with E-state index in [2.05, 4.69) is 30.9 Å². The number of aryl methyl sites for hydroxylation is 2. The molecule has 0 unspecified atom stereocenters. The Balaban J connectivity index is 1.47. The minimum Gasteiger partial charge on any atom is -0.455 e. The molecule has 0 bridgehead atoms. The van der Waals surface area contributed by atoms with E-state index in [1.165, 1.54) is 0 Å². The number of nitrogens with one attached hydrogen (secondary N) is 3. The molecule has 2 amide bonds. The first-order valence-electron chi connectivity index (χ1n) is 11.8. The minimum atomic E-state index is -0.185. The van der Waals surface area contributed by atoms with Crippen LogP contribution in [0, 0.1) is 13.8 Å². The van der Waals surface area contributed by atoms with Gasteiger partial charge in [0.05, 0.1) is 11.7 Å². The maximum absolute atomic E-state index is 11.7. The third-order valence-corrected chi connectivity index (χ3v) is 5.32. The van der Waals surface area contributed by atoms with Gasteiger partial charge in [-0.05, 0) is 81.3 Å². The zero-order chi connectivity index (χ0) is 25.5. The third-order valence-electron chi connectivity index (χ3n) is 5.32. The Kier molecular flexibility index (Phi) is 7.75. The van der Waals surface area contributed by atoms with Crippen LogP contribution in [0.1, 0.15) is 30.7 Å². The Hall–Kier alpha value is -4.46. The quantitative estimate of drug-likeness (QED) is 0.289. The van der Waals surface area contributed by atoms with Gasteiger partial charge in [0.2, 0.25) is 0 Å². The number of carbonyl (C=O) groups excluding carboxylic acids is 1. The van der Waals surface area contributed by atoms with Crippen molar-refractivity contribution in [3.05, 3.63) is 84.0 Å². The van der Waals surface area contributed by atoms with Crippen LogP contribution >= 0.6 is 0 Å². The molecule has 8 nitrogen and oxygen atoms in total. The van der Waals surface area contributed by atoms with E-state index in [1.807, 2.05) is 88.4 Å². The van der Waals surface area contributed by atoms with Crippen LogP contribution in [0.25, 0.3) is 17.0 Å². The Morgan fingerprint density at radius 3 is 2.64 bits per heavy atom. The molecule has 0 aliphatic heterocycles. The number of hydrogen-bond acceptors (Lipinski definition) is 6. The predicted molar refractivity (Wildman–Crippen MR) is 144 cm³/mol. The monoisotopic (exact) mass is 482 g/mol. The highest BCUT2D eigenvalue weighted by atomic mass is 16.5. The van der Waals surface area contributed by atoms with Gasteiger partial charge in [0.1, 0.15) is 23.6 Å². The lowest BCUT2D eigenvalue weighted by Crippen LogP contribution is -2.39. The summed E-state index contributed by atoms with van der Waals surface area (Å²) in [6.45, 7) is 8.21. The van der Waals surface area contributed by atoms with Gasteiger partial charge in [-0.1, -0.05) is 18.2 Å². The Labute approximate surface area is 210 Å². The summed E-state index contributed by atoms with van der Waals surface area (Å²) >= 11 is 0. The van der Waals surface area contributed by atoms with E-state index in [4.69, 9.17) is 4.74 Å². The maximum atomic E-state index is 11.7. The van der Waals surface area contributed by atoms with Crippen molar-refractivity contribution in [2.24, 2.45) is 0 Å². The van der Waals surface area contributed by atoms with Crippen molar-refractivity contribution in [3.63, 3.8) is 0 Å². The molecule has 4 aromatic rings. The number of hydrogen-bond donors (Lipinski definition) is 3. The lowest BCUT2D eigenvalue weighted by Gasteiger charge is -2.12. The molecule has 0 saturated carbocycles. The summed E-state index contributed by atoms with van der Waals surface area (Å²) in [5, 5.41) is 9.91. The molecule has 0 atom stereocenters. The molecule has 0 saturated heterocycles. The average Bonchev–Trinajstić information content (AvgIpc) is 2.85. The largest absolute Gasteiger partial charge is 0.455 e. The summed E-state index contributed by atoms with van der Waals surface area (Å²) in [6, 6.07) is 15.6. The first-order valence-corrected chi connectivity index (χ1v) is 11.8. The lowest BCUT2D eigenvalue weighted by molar-refractivity contribution is 0.239. The van der Waals surface area contributed by atoms with E-state index >= 15 is 0 Å². The van der Waals surface area contributed by atoms with Crippen molar-refractivity contribution in [1.29, 1.82) is 0 Å². The van der Waals surface area contributed by atoms with Gasteiger partial charge in [-0.25, -0.2) is 14.8 Å². The summed E-state index contributed by atoms with van der Waals surface area (Å²) in [5.74, 6) is 2.17. The third kappa shape index (κ3) is 6.56. The SMILES string of the molecule is Cc1ccc(Oc2ccc(Nc3ncnc4ccc(C=CCNC(=O)NC(C)C)cc34)cc2C)cn1. The van der Waals surface area contributed by atoms with Crippen molar-refractivity contribution >= 4 is 34.5 Å². The summed E-state index contributed by atoms with van der Waals surface area (Å²) in [6.07, 6.45) is 7.13. The summed E-state index contributed by atoms with van der Waals surface area (Å²) in [4.78, 5) is 24.9. The molecule has 8 heteroatoms. The first-order chi connectivity index (χ1) is 17.4. The zero-order valence-electron chi connectivity index (χ0n) is 20.9. The molecule has 36 heavy (non-hydrogen) atoms. The first kappa shape index (κ1) is 24.7. The number of aromatic nitrogens is 3. The van der Waals surface area contributed by atoms with Gasteiger partial charge in [-0.15, -0.1) is 0 Å². The molecule has 0 fully saturated rings. The maximum Gasteiger partial charge on any atom is 0.315 e. The molecule has 0 aliphatic carbocycles. The van der Waals surface area contributed by atoms with Crippen LogP contribution in [-0.4, -0.2) is 33.6 Å². The van der Waals surface area contributed by atoms with Gasteiger partial charge in [-0.2, -0.15) is 0 Å². The van der Waals surface area contributed by atoms with Crippen LogP contribution in [-0.2, 0) is 0 Å². The predicted octanol–water partition coefficient (Wildman–Crippen LogP) is 5.90. The Morgan fingerprint density at radius 2 is 1.89 bits per heavy atom. The molecule has 4 rings (SSSR count). The molecule has 2 aromatic heterocycles. The summed E-state index contributed by atoms with van der Waals surface area (Å²) < 4.78 is 5.98. The number of rotatable bonds is 8. The number of anilines is 2. The fraction of sp³-hybridized carbons (Fsp3) is 0.214. The van der Waals surface area contributed by atoms with E-state index in [0.29, 0.717) is 18.1 Å². The number of urea groups is 1. The number of pyridine rings is 1. The van der Waals surface area contributed by atoms with E-state index in [-0.39, 0.29) is 12.1 Å². The van der Waals surface area contributed by atoms with Gasteiger partial charge >= 0.3 is 6.03 Å². The van der Waals surface area contributed by atoms with Crippen LogP contribution in [0.15, 0.2) is 67.1 Å². The molecule has 3 N–H and O–H groups in total. The number of carbonyl (C=O) groups is 1. The minimum absolute atomic E-state index is 0.0957. The molecule has 2 aromatic carbocycles. The molecule has 0 spiro atoms. The smallest absolute Gasteiger partial charge is 0.315 e. The molecule has 0 radical (unpaired) electrons. The topological polar surface area (TPSA) is 101 Å². The molecule has 2 heterocycles. The lowest BCUT2D eigenvalue weighted by atomic mass is 10.1. The Bertz CT molecular complexity index is 1380. The van der Waals surface area contributed by atoms with E-state index in [1.54, 1.807) is 12.5 Å². The second kappa shape index (κ2) is 11.3. The van der Waals surface area contributed by atoms with Crippen LogP contribution in [0.4, 0.5) is 16.3 Å². The molecular formula is C28H30N6O2. The average molecular weight is 483 g/mol. The Morgan fingerprint density at radius 1 is 1.03 bits per heavy atom. The van der Waals surface area contributed by atoms with Crippen LogP contribution in [0.5, 0.6) is 11.5 Å². The van der Waals surface area contributed by atoms with Gasteiger partial charge in [0.15, 0.2) is 0 Å². The number of benzene rings is 2. The summed E-state index contributed by atoms with van der Waals surface area (Å²) in [7, 11) is 0. The van der Waals surface area contributed by atoms with Crippen molar-refractivity contribution in [2.45, 2.75) is 33.7 Å². The highest BCUT2D eigenvalue weighted by Crippen LogP contribution is 2.30. The highest BCUT2D eigenvalue weighted by Gasteiger charge is 2.08. The van der Waals surface area contributed by atoms with Crippen molar-refractivity contribution < 1.29 is 9.53 Å². The zero-order valence-corrected chi connectivity index (χ0v) is 20.9. The highest BCUT2D eigenvalue weighted by molar-refractivity contribution is 5.92. The van der Waals surface area contributed by atoms with Crippen molar-refractivity contribution in [3.8, 4) is 11.5 Å². The second-order valence-corrected chi connectivity index (χ2v) is 8.75. The van der Waals surface area contributed by atoms with E-state index < -0.39 is 0 Å². The van der Waals surface area contributed by atoms with Crippen molar-refractivity contribution in [1.82, 2.24) is 25.6 Å². The fourth-order valence-electron chi connectivity index (χ4n) is 3.56. The van der Waals surface area contributed by atoms with Gasteiger partial charge in [0.25, 0.3) is 0 Å². The fourth-order valence-corrected chi connectivity index (χ4v) is 3.56. The van der Waals surface area contributed by atoms with Gasteiger partial charge < -0.3 is 20.7 Å². The van der Waals surface area contributed by atoms with E-state index in [9.17, 15) is 4.79 Å². The van der Waals surface area contributed by atoms with Gasteiger partial charge in [0, 0.05) is 29.4 Å². The standard InChI is InChI=1S/C28H30N6O2/c1-18(2)33-28(35)29-13-5-6-21-8-11-25-24(15-21)27(32-17-31-25)34-22-9-12-26(19(3)14-22)36-23-10-7-20(4)30-16-23/h5-12,14-18H,13H2,1-4H3,(H2,29,33,35)(H,31,32,34). The number of amides is 2. The number of fused-ring (bicyclic) bond motifs is 1. The van der Waals surface area contributed by atoms with E-state index in [0.717, 1.165) is 39.2 Å². The number of ether oxygens (including phenoxy) is 1. The van der Waals surface area contributed by atoms with Crippen LogP contribution < -0.4 is 20.7 Å². The molecule has 0 aliphatic rings. The number of nitrogens with zero attached hydrogens (tertiary/aromatic N) is 3. The van der Waals surface area contributed by atoms with Gasteiger partial charge in [-0.3, -0.25) is 4.98 Å².